The van der Waals surface area contributed by atoms with Crippen LogP contribution < -0.4 is 0 Å². The van der Waals surface area contributed by atoms with Crippen LogP contribution in [0.3, 0.4) is 0 Å². The van der Waals surface area contributed by atoms with E-state index < -0.39 is 6.29 Å². The summed E-state index contributed by atoms with van der Waals surface area (Å²) >= 11 is 0. The van der Waals surface area contributed by atoms with Crippen LogP contribution in [0.2, 0.25) is 0 Å². The molecule has 0 aromatic carbocycles. The number of aliphatic hydroxyl groups excluding tert-OH is 1. The van der Waals surface area contributed by atoms with Crippen LogP contribution in [0.15, 0.2) is 11.8 Å². The molecule has 1 fully saturated rings. The fraction of sp³-hybridized carbons (Fsp3) is 0.667. The third kappa shape index (κ3) is 1.43. The maximum Gasteiger partial charge on any atom is 0.216 e. The summed E-state index contributed by atoms with van der Waals surface area (Å²) in [6.07, 6.45) is 1.06. The number of hydrogen-bond donors (Lipinski definition) is 1. The van der Waals surface area contributed by atoms with Crippen molar-refractivity contribution in [2.24, 2.45) is 0 Å². The largest absolute Gasteiger partial charge is 0.507 e. The Morgan fingerprint density at radius 2 is 2.11 bits per heavy atom. The van der Waals surface area contributed by atoms with Gasteiger partial charge in [-0.2, -0.15) is 0 Å². The average Bonchev–Trinajstić information content (AvgIpc) is 2.37. The molecule has 0 atom stereocenters. The zero-order valence-corrected chi connectivity index (χ0v) is 5.33. The number of ether oxygens (including phenoxy) is 2. The number of rotatable bonds is 1. The van der Waals surface area contributed by atoms with Crippen LogP contribution in [0, 0.1) is 0 Å². The summed E-state index contributed by atoms with van der Waals surface area (Å²) < 4.78 is 9.93. The first-order valence-electron chi connectivity index (χ1n) is 2.93. The average molecular weight is 130 g/mol. The van der Waals surface area contributed by atoms with Crippen molar-refractivity contribution in [2.45, 2.75) is 13.2 Å². The fourth-order valence-electron chi connectivity index (χ4n) is 0.665. The second-order valence-electron chi connectivity index (χ2n) is 1.79. The Balaban J connectivity index is 2.42. The Kier molecular flexibility index (Phi) is 2.08. The van der Waals surface area contributed by atoms with Crippen molar-refractivity contribution in [3.8, 4) is 0 Å². The van der Waals surface area contributed by atoms with Crippen molar-refractivity contribution in [1.29, 1.82) is 0 Å². The van der Waals surface area contributed by atoms with E-state index >= 15 is 0 Å². The van der Waals surface area contributed by atoms with Crippen molar-refractivity contribution in [3.05, 3.63) is 11.8 Å². The third-order valence-corrected chi connectivity index (χ3v) is 1.16. The van der Waals surface area contributed by atoms with E-state index in [4.69, 9.17) is 14.6 Å². The molecule has 3 nitrogen and oxygen atoms in total. The van der Waals surface area contributed by atoms with Crippen LogP contribution in [0.25, 0.3) is 0 Å². The van der Waals surface area contributed by atoms with Crippen LogP contribution in [0.1, 0.15) is 6.92 Å². The molecule has 1 aliphatic rings. The zero-order valence-electron chi connectivity index (χ0n) is 5.33. The van der Waals surface area contributed by atoms with Crippen molar-refractivity contribution in [1.82, 2.24) is 0 Å². The quantitative estimate of drug-likeness (QED) is 0.534. The Morgan fingerprint density at radius 3 is 2.56 bits per heavy atom. The summed E-state index contributed by atoms with van der Waals surface area (Å²) in [5.74, 6) is 0.160. The molecule has 52 valence electrons. The van der Waals surface area contributed by atoms with Gasteiger partial charge in [-0.1, -0.05) is 0 Å². The molecule has 0 spiro atoms. The third-order valence-electron chi connectivity index (χ3n) is 1.16. The molecule has 0 aromatic heterocycles. The zero-order chi connectivity index (χ0) is 6.69. The molecule has 1 heterocycles. The molecule has 0 bridgehead atoms. The van der Waals surface area contributed by atoms with Crippen LogP contribution in [-0.2, 0) is 9.47 Å². The lowest BCUT2D eigenvalue weighted by Crippen LogP contribution is -2.10. The van der Waals surface area contributed by atoms with Crippen molar-refractivity contribution in [2.75, 3.05) is 13.2 Å². The molecule has 1 saturated heterocycles. The SMILES string of the molecule is C/C=C(\O)C1OCCO1. The summed E-state index contributed by atoms with van der Waals surface area (Å²) in [5.41, 5.74) is 0. The first-order valence-corrected chi connectivity index (χ1v) is 2.93. The van der Waals surface area contributed by atoms with Gasteiger partial charge in [0.15, 0.2) is 0 Å². The summed E-state index contributed by atoms with van der Waals surface area (Å²) in [7, 11) is 0. The van der Waals surface area contributed by atoms with Crippen molar-refractivity contribution in [3.63, 3.8) is 0 Å². The Bertz CT molecular complexity index is 113. The first kappa shape index (κ1) is 6.58. The molecule has 0 radical (unpaired) electrons. The maximum absolute atomic E-state index is 8.97. The second-order valence-corrected chi connectivity index (χ2v) is 1.79. The molecule has 0 unspecified atom stereocenters. The molecule has 9 heavy (non-hydrogen) atoms. The number of allylic oxidation sites excluding steroid dienone is 1. The van der Waals surface area contributed by atoms with Gasteiger partial charge in [0.05, 0.1) is 13.2 Å². The van der Waals surface area contributed by atoms with E-state index in [1.165, 1.54) is 0 Å². The molecule has 1 N–H and O–H groups in total. The van der Waals surface area contributed by atoms with E-state index in [2.05, 4.69) is 0 Å². The van der Waals surface area contributed by atoms with Gasteiger partial charge in [0.25, 0.3) is 0 Å². The van der Waals surface area contributed by atoms with Crippen molar-refractivity contribution < 1.29 is 14.6 Å². The van der Waals surface area contributed by atoms with Crippen molar-refractivity contribution >= 4 is 0 Å². The van der Waals surface area contributed by atoms with Crippen LogP contribution in [-0.4, -0.2) is 24.6 Å². The highest BCUT2D eigenvalue weighted by molar-refractivity contribution is 4.92. The van der Waals surface area contributed by atoms with Gasteiger partial charge in [-0.3, -0.25) is 0 Å². The van der Waals surface area contributed by atoms with Crippen LogP contribution in [0.5, 0.6) is 0 Å². The van der Waals surface area contributed by atoms with E-state index in [0.29, 0.717) is 13.2 Å². The highest BCUT2D eigenvalue weighted by Crippen LogP contribution is 2.10. The molecule has 0 amide bonds. The molecule has 1 rings (SSSR count). The van der Waals surface area contributed by atoms with E-state index in [0.717, 1.165) is 0 Å². The molecule has 3 heteroatoms. The number of hydrogen-bond acceptors (Lipinski definition) is 3. The van der Waals surface area contributed by atoms with E-state index in [-0.39, 0.29) is 5.76 Å². The molecular formula is C6H10O3. The van der Waals surface area contributed by atoms with E-state index in [1.54, 1.807) is 13.0 Å². The summed E-state index contributed by atoms with van der Waals surface area (Å²) in [6.45, 7) is 2.88. The lowest BCUT2D eigenvalue weighted by Gasteiger charge is -2.05. The molecule has 0 aromatic rings. The Morgan fingerprint density at radius 1 is 1.56 bits per heavy atom. The van der Waals surface area contributed by atoms with Gasteiger partial charge in [0.2, 0.25) is 6.29 Å². The minimum Gasteiger partial charge on any atom is -0.507 e. The maximum atomic E-state index is 8.97. The summed E-state index contributed by atoms with van der Waals surface area (Å²) in [5, 5.41) is 8.97. The standard InChI is InChI=1S/C6H10O3/c1-2-5(7)6-8-3-4-9-6/h2,6-7H,3-4H2,1H3/b5-2-. The minimum atomic E-state index is -0.505. The predicted molar refractivity (Wildman–Crippen MR) is 32.1 cm³/mol. The van der Waals surface area contributed by atoms with E-state index in [9.17, 15) is 0 Å². The van der Waals surface area contributed by atoms with Crippen LogP contribution >= 0.6 is 0 Å². The predicted octanol–water partition coefficient (Wildman–Crippen LogP) is 0.821. The van der Waals surface area contributed by atoms with Crippen LogP contribution in [0.4, 0.5) is 0 Å². The molecular weight excluding hydrogens is 120 g/mol. The molecule has 0 aliphatic carbocycles. The van der Waals surface area contributed by atoms with Gasteiger partial charge in [0.1, 0.15) is 5.76 Å². The fourth-order valence-corrected chi connectivity index (χ4v) is 0.665. The van der Waals surface area contributed by atoms with Gasteiger partial charge in [0, 0.05) is 0 Å². The second kappa shape index (κ2) is 2.85. The topological polar surface area (TPSA) is 38.7 Å². The smallest absolute Gasteiger partial charge is 0.216 e. The van der Waals surface area contributed by atoms with Gasteiger partial charge < -0.3 is 14.6 Å². The number of aliphatic hydroxyl groups is 1. The summed E-state index contributed by atoms with van der Waals surface area (Å²) in [6, 6.07) is 0. The van der Waals surface area contributed by atoms with Gasteiger partial charge >= 0.3 is 0 Å². The Hall–Kier alpha value is -0.540. The van der Waals surface area contributed by atoms with E-state index in [1.807, 2.05) is 0 Å². The lowest BCUT2D eigenvalue weighted by molar-refractivity contribution is -0.0388. The highest BCUT2D eigenvalue weighted by atomic mass is 16.7. The van der Waals surface area contributed by atoms with Gasteiger partial charge in [-0.15, -0.1) is 0 Å². The van der Waals surface area contributed by atoms with Gasteiger partial charge in [-0.05, 0) is 13.0 Å². The summed E-state index contributed by atoms with van der Waals surface area (Å²) in [4.78, 5) is 0. The monoisotopic (exact) mass is 130 g/mol. The first-order chi connectivity index (χ1) is 4.34. The molecule has 1 aliphatic heterocycles. The van der Waals surface area contributed by atoms with Gasteiger partial charge in [-0.25, -0.2) is 0 Å². The lowest BCUT2D eigenvalue weighted by atomic mass is 10.4. The molecule has 0 saturated carbocycles. The Labute approximate surface area is 53.9 Å². The normalized spacial score (nSPS) is 23.0. The minimum absolute atomic E-state index is 0.160. The highest BCUT2D eigenvalue weighted by Gasteiger charge is 2.18.